The van der Waals surface area contributed by atoms with Gasteiger partial charge in [-0.05, 0) is 48.2 Å². The molecular weight excluding hydrogens is 250 g/mol. The van der Waals surface area contributed by atoms with Crippen LogP contribution in [0.5, 0.6) is 11.5 Å². The third kappa shape index (κ3) is 3.11. The first-order valence-corrected chi connectivity index (χ1v) is 6.70. The number of methoxy groups -OCH3 is 1. The predicted molar refractivity (Wildman–Crippen MR) is 81.1 cm³/mol. The van der Waals surface area contributed by atoms with E-state index in [0.29, 0.717) is 13.2 Å². The Morgan fingerprint density at radius 3 is 2.30 bits per heavy atom. The highest BCUT2D eigenvalue weighted by molar-refractivity contribution is 5.43. The number of hydrogen-bond acceptors (Lipinski definition) is 3. The summed E-state index contributed by atoms with van der Waals surface area (Å²) < 4.78 is 11.3. The van der Waals surface area contributed by atoms with Gasteiger partial charge in [0.05, 0.1) is 7.11 Å². The van der Waals surface area contributed by atoms with Gasteiger partial charge in [-0.2, -0.15) is 0 Å². The largest absolute Gasteiger partial charge is 0.493 e. The molecule has 0 saturated heterocycles. The van der Waals surface area contributed by atoms with Crippen molar-refractivity contribution in [3.63, 3.8) is 0 Å². The predicted octanol–water partition coefficient (Wildman–Crippen LogP) is 3.35. The van der Waals surface area contributed by atoms with Crippen LogP contribution in [0.15, 0.2) is 36.4 Å². The van der Waals surface area contributed by atoms with Gasteiger partial charge in [-0.25, -0.2) is 0 Å². The van der Waals surface area contributed by atoms with E-state index in [9.17, 15) is 0 Å². The molecule has 0 spiro atoms. The maximum Gasteiger partial charge on any atom is 0.161 e. The van der Waals surface area contributed by atoms with E-state index >= 15 is 0 Å². The molecule has 2 aromatic carbocycles. The van der Waals surface area contributed by atoms with Crippen molar-refractivity contribution in [2.45, 2.75) is 27.0 Å². The van der Waals surface area contributed by atoms with Gasteiger partial charge in [0.25, 0.3) is 0 Å². The fourth-order valence-electron chi connectivity index (χ4n) is 2.19. The molecule has 0 aromatic heterocycles. The van der Waals surface area contributed by atoms with Gasteiger partial charge in [0.1, 0.15) is 6.61 Å². The lowest BCUT2D eigenvalue weighted by atomic mass is 10.0. The molecule has 2 aromatic rings. The molecule has 0 aliphatic heterocycles. The van der Waals surface area contributed by atoms with Crippen LogP contribution in [0.3, 0.4) is 0 Å². The van der Waals surface area contributed by atoms with Gasteiger partial charge in [-0.3, -0.25) is 0 Å². The second-order valence-corrected chi connectivity index (χ2v) is 4.85. The van der Waals surface area contributed by atoms with E-state index < -0.39 is 0 Å². The molecule has 0 amide bonds. The average molecular weight is 271 g/mol. The minimum Gasteiger partial charge on any atom is -0.493 e. The van der Waals surface area contributed by atoms with Crippen LogP contribution in [-0.2, 0) is 13.2 Å². The van der Waals surface area contributed by atoms with E-state index in [1.807, 2.05) is 18.2 Å². The van der Waals surface area contributed by atoms with Gasteiger partial charge < -0.3 is 15.2 Å². The van der Waals surface area contributed by atoms with E-state index in [1.54, 1.807) is 7.11 Å². The van der Waals surface area contributed by atoms with Crippen LogP contribution in [0, 0.1) is 13.8 Å². The molecule has 0 radical (unpaired) electrons. The molecule has 2 rings (SSSR count). The molecule has 0 fully saturated rings. The Bertz CT molecular complexity index is 573. The Morgan fingerprint density at radius 1 is 1.00 bits per heavy atom. The summed E-state index contributed by atoms with van der Waals surface area (Å²) in [6.45, 7) is 5.21. The van der Waals surface area contributed by atoms with Crippen molar-refractivity contribution in [1.82, 2.24) is 0 Å². The van der Waals surface area contributed by atoms with Crippen molar-refractivity contribution in [3.05, 3.63) is 58.7 Å². The van der Waals surface area contributed by atoms with Crippen LogP contribution < -0.4 is 15.2 Å². The van der Waals surface area contributed by atoms with Crippen LogP contribution in [0.2, 0.25) is 0 Å². The highest BCUT2D eigenvalue weighted by Gasteiger charge is 2.08. The summed E-state index contributed by atoms with van der Waals surface area (Å²) in [7, 11) is 1.64. The maximum absolute atomic E-state index is 5.94. The monoisotopic (exact) mass is 271 g/mol. The van der Waals surface area contributed by atoms with Crippen molar-refractivity contribution in [2.75, 3.05) is 7.11 Å². The second kappa shape index (κ2) is 6.44. The van der Waals surface area contributed by atoms with Gasteiger partial charge in [0.2, 0.25) is 0 Å². The highest BCUT2D eigenvalue weighted by Crippen LogP contribution is 2.29. The Morgan fingerprint density at radius 2 is 1.70 bits per heavy atom. The Balaban J connectivity index is 2.22. The van der Waals surface area contributed by atoms with E-state index in [-0.39, 0.29) is 0 Å². The van der Waals surface area contributed by atoms with Crippen LogP contribution in [0.25, 0.3) is 0 Å². The quantitative estimate of drug-likeness (QED) is 0.907. The first-order valence-electron chi connectivity index (χ1n) is 6.70. The summed E-state index contributed by atoms with van der Waals surface area (Å²) in [5, 5.41) is 0. The van der Waals surface area contributed by atoms with Crippen molar-refractivity contribution in [3.8, 4) is 11.5 Å². The highest BCUT2D eigenvalue weighted by atomic mass is 16.5. The molecule has 2 N–H and O–H groups in total. The summed E-state index contributed by atoms with van der Waals surface area (Å²) >= 11 is 0. The summed E-state index contributed by atoms with van der Waals surface area (Å²) in [6.07, 6.45) is 0. The molecule has 106 valence electrons. The number of rotatable bonds is 5. The fourth-order valence-corrected chi connectivity index (χ4v) is 2.19. The van der Waals surface area contributed by atoms with E-state index in [2.05, 4.69) is 32.0 Å². The van der Waals surface area contributed by atoms with Gasteiger partial charge in [-0.1, -0.05) is 24.3 Å². The van der Waals surface area contributed by atoms with Gasteiger partial charge >= 0.3 is 0 Å². The van der Waals surface area contributed by atoms with E-state index in [0.717, 1.165) is 17.1 Å². The molecule has 20 heavy (non-hydrogen) atoms. The molecule has 0 heterocycles. The summed E-state index contributed by atoms with van der Waals surface area (Å²) in [5.74, 6) is 1.46. The third-order valence-corrected chi connectivity index (χ3v) is 3.48. The molecule has 3 nitrogen and oxygen atoms in total. The maximum atomic E-state index is 5.94. The van der Waals surface area contributed by atoms with E-state index in [4.69, 9.17) is 15.2 Å². The van der Waals surface area contributed by atoms with Crippen molar-refractivity contribution in [2.24, 2.45) is 5.73 Å². The topological polar surface area (TPSA) is 44.5 Å². The molecule has 0 saturated carbocycles. The van der Waals surface area contributed by atoms with Gasteiger partial charge in [0.15, 0.2) is 11.5 Å². The van der Waals surface area contributed by atoms with Crippen molar-refractivity contribution >= 4 is 0 Å². The number of ether oxygens (including phenoxy) is 2. The fraction of sp³-hybridized carbons (Fsp3) is 0.294. The molecule has 0 bridgehead atoms. The number of hydrogen-bond donors (Lipinski definition) is 1. The zero-order chi connectivity index (χ0) is 14.5. The average Bonchev–Trinajstić information content (AvgIpc) is 2.46. The lowest BCUT2D eigenvalue weighted by Crippen LogP contribution is -2.03. The molecule has 0 aliphatic rings. The minimum absolute atomic E-state index is 0.490. The molecule has 0 aliphatic carbocycles. The molecule has 0 atom stereocenters. The first-order chi connectivity index (χ1) is 9.65. The van der Waals surface area contributed by atoms with Crippen LogP contribution >= 0.6 is 0 Å². The van der Waals surface area contributed by atoms with Crippen LogP contribution in [0.4, 0.5) is 0 Å². The SMILES string of the molecule is COc1ccc(CN)cc1OCc1c(C)cccc1C. The normalized spacial score (nSPS) is 10.4. The van der Waals surface area contributed by atoms with Crippen molar-refractivity contribution in [1.29, 1.82) is 0 Å². The third-order valence-electron chi connectivity index (χ3n) is 3.48. The van der Waals surface area contributed by atoms with Crippen LogP contribution in [-0.4, -0.2) is 7.11 Å². The van der Waals surface area contributed by atoms with Gasteiger partial charge in [-0.15, -0.1) is 0 Å². The lowest BCUT2D eigenvalue weighted by Gasteiger charge is -2.14. The first kappa shape index (κ1) is 14.4. The Labute approximate surface area is 120 Å². The van der Waals surface area contributed by atoms with Gasteiger partial charge in [0, 0.05) is 6.54 Å². The van der Waals surface area contributed by atoms with Crippen molar-refractivity contribution < 1.29 is 9.47 Å². The Hall–Kier alpha value is -2.00. The smallest absolute Gasteiger partial charge is 0.161 e. The molecular formula is C17H21NO2. The summed E-state index contributed by atoms with van der Waals surface area (Å²) in [5.41, 5.74) is 10.4. The zero-order valence-electron chi connectivity index (χ0n) is 12.3. The molecule has 0 unspecified atom stereocenters. The minimum atomic E-state index is 0.490. The Kier molecular flexibility index (Phi) is 4.64. The van der Waals surface area contributed by atoms with E-state index in [1.165, 1.54) is 16.7 Å². The zero-order valence-corrected chi connectivity index (χ0v) is 12.3. The van der Waals surface area contributed by atoms with Crippen LogP contribution in [0.1, 0.15) is 22.3 Å². The molecule has 3 heteroatoms. The number of aryl methyl sites for hydroxylation is 2. The summed E-state index contributed by atoms with van der Waals surface area (Å²) in [6, 6.07) is 12.0. The summed E-state index contributed by atoms with van der Waals surface area (Å²) in [4.78, 5) is 0. The number of nitrogens with two attached hydrogens (primary N) is 1. The standard InChI is InChI=1S/C17H21NO2/c1-12-5-4-6-13(2)15(12)11-20-17-9-14(10-18)7-8-16(17)19-3/h4-9H,10-11,18H2,1-3H3. The number of benzene rings is 2. The second-order valence-electron chi connectivity index (χ2n) is 4.85. The lowest BCUT2D eigenvalue weighted by molar-refractivity contribution is 0.283.